The molecule has 3 nitrogen and oxygen atoms in total. The summed E-state index contributed by atoms with van der Waals surface area (Å²) >= 11 is 0. The maximum Gasteiger partial charge on any atom is 0.372 e. The van der Waals surface area contributed by atoms with Gasteiger partial charge in [0.05, 0.1) is 6.26 Å². The number of aromatic carboxylic acids is 1. The average Bonchev–Trinajstić information content (AvgIpc) is 2.67. The summed E-state index contributed by atoms with van der Waals surface area (Å²) in [5.41, 5.74) is 0.476. The second-order valence-corrected chi connectivity index (χ2v) is 2.95. The molecule has 0 aliphatic rings. The van der Waals surface area contributed by atoms with Gasteiger partial charge in [-0.2, -0.15) is 0 Å². The minimum Gasteiger partial charge on any atom is -0.475 e. The van der Waals surface area contributed by atoms with Crippen LogP contribution in [0.4, 0.5) is 4.39 Å². The van der Waals surface area contributed by atoms with Crippen molar-refractivity contribution in [2.45, 2.75) is 0 Å². The van der Waals surface area contributed by atoms with Gasteiger partial charge >= 0.3 is 5.97 Å². The van der Waals surface area contributed by atoms with E-state index in [-0.39, 0.29) is 16.9 Å². The number of furan rings is 1. The zero-order valence-electron chi connectivity index (χ0n) is 7.61. The van der Waals surface area contributed by atoms with E-state index in [9.17, 15) is 9.18 Å². The molecule has 0 fully saturated rings. The standard InChI is InChI=1S/C11H7FO3/c12-9-4-2-1-3-7(9)8-5-6-15-10(8)11(13)14/h1-6H,(H,13,14). The molecule has 0 spiro atoms. The number of carboxylic acid groups (broad SMARTS) is 1. The second-order valence-electron chi connectivity index (χ2n) is 2.95. The molecule has 0 bridgehead atoms. The van der Waals surface area contributed by atoms with Crippen LogP contribution in [0.15, 0.2) is 41.0 Å². The van der Waals surface area contributed by atoms with E-state index >= 15 is 0 Å². The van der Waals surface area contributed by atoms with Crippen molar-refractivity contribution >= 4 is 5.97 Å². The molecule has 15 heavy (non-hydrogen) atoms. The molecule has 0 aliphatic heterocycles. The lowest BCUT2D eigenvalue weighted by Gasteiger charge is -2.00. The van der Waals surface area contributed by atoms with Gasteiger partial charge in [-0.1, -0.05) is 18.2 Å². The summed E-state index contributed by atoms with van der Waals surface area (Å²) in [6.07, 6.45) is 1.23. The van der Waals surface area contributed by atoms with Crippen molar-refractivity contribution < 1.29 is 18.7 Å². The fourth-order valence-corrected chi connectivity index (χ4v) is 1.37. The Morgan fingerprint density at radius 2 is 1.93 bits per heavy atom. The molecule has 1 aromatic carbocycles. The Kier molecular flexibility index (Phi) is 2.25. The van der Waals surface area contributed by atoms with E-state index in [4.69, 9.17) is 9.52 Å². The van der Waals surface area contributed by atoms with E-state index < -0.39 is 11.8 Å². The molecule has 76 valence electrons. The summed E-state index contributed by atoms with van der Waals surface area (Å²) in [6, 6.07) is 7.39. The molecule has 4 heteroatoms. The molecule has 2 aromatic rings. The molecular formula is C11H7FO3. The van der Waals surface area contributed by atoms with Crippen LogP contribution in [0, 0.1) is 5.82 Å². The first-order valence-electron chi connectivity index (χ1n) is 4.26. The molecule has 0 aliphatic carbocycles. The van der Waals surface area contributed by atoms with Gasteiger partial charge in [0.25, 0.3) is 0 Å². The monoisotopic (exact) mass is 206 g/mol. The Hall–Kier alpha value is -2.10. The number of halogens is 1. The number of hydrogen-bond acceptors (Lipinski definition) is 2. The summed E-state index contributed by atoms with van der Waals surface area (Å²) < 4.78 is 18.1. The van der Waals surface area contributed by atoms with Gasteiger partial charge in [-0.05, 0) is 12.1 Å². The maximum absolute atomic E-state index is 13.4. The molecule has 1 aromatic heterocycles. The highest BCUT2D eigenvalue weighted by Crippen LogP contribution is 2.26. The maximum atomic E-state index is 13.4. The van der Waals surface area contributed by atoms with Crippen LogP contribution in [0.25, 0.3) is 11.1 Å². The summed E-state index contributed by atoms with van der Waals surface area (Å²) in [7, 11) is 0. The van der Waals surface area contributed by atoms with E-state index in [1.54, 1.807) is 12.1 Å². The van der Waals surface area contributed by atoms with Gasteiger partial charge in [-0.15, -0.1) is 0 Å². The highest BCUT2D eigenvalue weighted by atomic mass is 19.1. The summed E-state index contributed by atoms with van der Waals surface area (Å²) in [4.78, 5) is 10.8. The van der Waals surface area contributed by atoms with Gasteiger partial charge in [0.1, 0.15) is 5.82 Å². The van der Waals surface area contributed by atoms with Crippen molar-refractivity contribution in [2.24, 2.45) is 0 Å². The lowest BCUT2D eigenvalue weighted by atomic mass is 10.1. The predicted octanol–water partition coefficient (Wildman–Crippen LogP) is 2.78. The zero-order valence-corrected chi connectivity index (χ0v) is 7.61. The van der Waals surface area contributed by atoms with Crippen LogP contribution in [0.3, 0.4) is 0 Å². The molecular weight excluding hydrogens is 199 g/mol. The van der Waals surface area contributed by atoms with Crippen LogP contribution in [0.2, 0.25) is 0 Å². The number of hydrogen-bond donors (Lipinski definition) is 1. The molecule has 0 saturated carbocycles. The first-order valence-corrected chi connectivity index (χ1v) is 4.26. The van der Waals surface area contributed by atoms with Crippen LogP contribution in [-0.4, -0.2) is 11.1 Å². The van der Waals surface area contributed by atoms with E-state index in [2.05, 4.69) is 0 Å². The summed E-state index contributed by atoms with van der Waals surface area (Å²) in [5, 5.41) is 8.79. The highest BCUT2D eigenvalue weighted by Gasteiger charge is 2.17. The van der Waals surface area contributed by atoms with Crippen LogP contribution in [0.5, 0.6) is 0 Å². The molecule has 0 saturated heterocycles. The highest BCUT2D eigenvalue weighted by molar-refractivity contribution is 5.93. The first-order chi connectivity index (χ1) is 7.20. The molecule has 0 atom stereocenters. The van der Waals surface area contributed by atoms with Crippen molar-refractivity contribution in [1.29, 1.82) is 0 Å². The van der Waals surface area contributed by atoms with Gasteiger partial charge < -0.3 is 9.52 Å². The molecule has 1 heterocycles. The Morgan fingerprint density at radius 3 is 2.60 bits per heavy atom. The lowest BCUT2D eigenvalue weighted by Crippen LogP contribution is -1.96. The minimum atomic E-state index is -1.21. The molecule has 0 unspecified atom stereocenters. The second kappa shape index (κ2) is 3.57. The topological polar surface area (TPSA) is 50.4 Å². The van der Waals surface area contributed by atoms with Crippen molar-refractivity contribution in [3.05, 3.63) is 48.2 Å². The summed E-state index contributed by atoms with van der Waals surface area (Å²) in [5.74, 6) is -1.93. The van der Waals surface area contributed by atoms with Crippen molar-refractivity contribution in [1.82, 2.24) is 0 Å². The number of benzene rings is 1. The molecule has 0 amide bonds. The van der Waals surface area contributed by atoms with Crippen molar-refractivity contribution in [2.75, 3.05) is 0 Å². The van der Waals surface area contributed by atoms with Gasteiger partial charge in [-0.3, -0.25) is 0 Å². The first kappa shape index (κ1) is 9.45. The smallest absolute Gasteiger partial charge is 0.372 e. The quantitative estimate of drug-likeness (QED) is 0.821. The van der Waals surface area contributed by atoms with Crippen LogP contribution in [0.1, 0.15) is 10.6 Å². The Balaban J connectivity index is 2.59. The van der Waals surface area contributed by atoms with Gasteiger partial charge in [0.2, 0.25) is 5.76 Å². The summed E-state index contributed by atoms with van der Waals surface area (Å²) in [6.45, 7) is 0. The van der Waals surface area contributed by atoms with Gasteiger partial charge in [-0.25, -0.2) is 9.18 Å². The largest absolute Gasteiger partial charge is 0.475 e. The third-order valence-electron chi connectivity index (χ3n) is 2.02. The van der Waals surface area contributed by atoms with E-state index in [0.29, 0.717) is 0 Å². The van der Waals surface area contributed by atoms with Crippen LogP contribution < -0.4 is 0 Å². The molecule has 0 radical (unpaired) electrons. The third kappa shape index (κ3) is 1.61. The van der Waals surface area contributed by atoms with E-state index in [1.807, 2.05) is 0 Å². The number of carboxylic acids is 1. The third-order valence-corrected chi connectivity index (χ3v) is 2.02. The molecule has 1 N–H and O–H groups in total. The SMILES string of the molecule is O=C(O)c1occc1-c1ccccc1F. The van der Waals surface area contributed by atoms with Crippen molar-refractivity contribution in [3.63, 3.8) is 0 Å². The van der Waals surface area contributed by atoms with Gasteiger partial charge in [0.15, 0.2) is 0 Å². The van der Waals surface area contributed by atoms with E-state index in [1.165, 1.54) is 24.5 Å². The Morgan fingerprint density at radius 1 is 1.20 bits per heavy atom. The fourth-order valence-electron chi connectivity index (χ4n) is 1.37. The van der Waals surface area contributed by atoms with Gasteiger partial charge in [0, 0.05) is 11.1 Å². The number of carbonyl (C=O) groups is 1. The fraction of sp³-hybridized carbons (Fsp3) is 0. The molecule has 2 rings (SSSR count). The minimum absolute atomic E-state index is 0.226. The van der Waals surface area contributed by atoms with Crippen LogP contribution >= 0.6 is 0 Å². The van der Waals surface area contributed by atoms with Crippen molar-refractivity contribution in [3.8, 4) is 11.1 Å². The lowest BCUT2D eigenvalue weighted by molar-refractivity contribution is 0.0663. The van der Waals surface area contributed by atoms with Crippen LogP contribution in [-0.2, 0) is 0 Å². The zero-order chi connectivity index (χ0) is 10.8. The Bertz CT molecular complexity index is 502. The number of rotatable bonds is 2. The van der Waals surface area contributed by atoms with E-state index in [0.717, 1.165) is 0 Å². The average molecular weight is 206 g/mol. The normalized spacial score (nSPS) is 10.2. The Labute approximate surface area is 84.8 Å². The predicted molar refractivity (Wildman–Crippen MR) is 51.1 cm³/mol.